The highest BCUT2D eigenvalue weighted by Crippen LogP contribution is 2.22. The van der Waals surface area contributed by atoms with Crippen LogP contribution >= 0.6 is 24.8 Å². The molecule has 0 aromatic rings. The summed E-state index contributed by atoms with van der Waals surface area (Å²) in [4.78, 5) is 17.0. The molecule has 3 aliphatic rings. The van der Waals surface area contributed by atoms with Gasteiger partial charge in [0.2, 0.25) is 0 Å². The number of halogens is 2. The van der Waals surface area contributed by atoms with Gasteiger partial charge in [0, 0.05) is 52.0 Å². The SMILES string of the molecule is Cl.Cl.NC[C@H]1CC[C@@H](C(=O)N2CCN(C3CCOCC3)CC2)O1. The van der Waals surface area contributed by atoms with Crippen molar-refractivity contribution in [3.8, 4) is 0 Å². The van der Waals surface area contributed by atoms with Gasteiger partial charge in [-0.25, -0.2) is 0 Å². The summed E-state index contributed by atoms with van der Waals surface area (Å²) in [6, 6.07) is 0.639. The Labute approximate surface area is 150 Å². The summed E-state index contributed by atoms with van der Waals surface area (Å²) in [5.74, 6) is 0.164. The van der Waals surface area contributed by atoms with Gasteiger partial charge < -0.3 is 20.1 Å². The number of piperazine rings is 1. The minimum absolute atomic E-state index is 0. The van der Waals surface area contributed by atoms with E-state index < -0.39 is 0 Å². The van der Waals surface area contributed by atoms with Crippen LogP contribution < -0.4 is 5.73 Å². The Morgan fingerprint density at radius 2 is 1.65 bits per heavy atom. The molecule has 23 heavy (non-hydrogen) atoms. The molecular weight excluding hydrogens is 341 g/mol. The number of ether oxygens (including phenoxy) is 2. The second-order valence-corrected chi connectivity index (χ2v) is 6.26. The Balaban J connectivity index is 0.00000132. The maximum atomic E-state index is 12.5. The molecule has 3 rings (SSSR count). The molecule has 6 nitrogen and oxygen atoms in total. The van der Waals surface area contributed by atoms with E-state index in [4.69, 9.17) is 15.2 Å². The number of rotatable bonds is 3. The molecule has 3 saturated heterocycles. The van der Waals surface area contributed by atoms with Crippen molar-refractivity contribution in [3.63, 3.8) is 0 Å². The van der Waals surface area contributed by atoms with Crippen molar-refractivity contribution in [1.29, 1.82) is 0 Å². The predicted molar refractivity (Wildman–Crippen MR) is 93.4 cm³/mol. The second-order valence-electron chi connectivity index (χ2n) is 6.26. The molecule has 2 atom stereocenters. The van der Waals surface area contributed by atoms with E-state index in [1.165, 1.54) is 0 Å². The van der Waals surface area contributed by atoms with E-state index in [1.807, 2.05) is 4.90 Å². The first kappa shape index (κ1) is 20.9. The first-order valence-corrected chi connectivity index (χ1v) is 8.24. The van der Waals surface area contributed by atoms with Gasteiger partial charge in [-0.2, -0.15) is 0 Å². The van der Waals surface area contributed by atoms with Crippen LogP contribution in [0.1, 0.15) is 25.7 Å². The Morgan fingerprint density at radius 1 is 1.00 bits per heavy atom. The van der Waals surface area contributed by atoms with Gasteiger partial charge in [-0.15, -0.1) is 24.8 Å². The van der Waals surface area contributed by atoms with Crippen LogP contribution in [-0.2, 0) is 14.3 Å². The molecule has 3 heterocycles. The highest BCUT2D eigenvalue weighted by Gasteiger charge is 2.35. The van der Waals surface area contributed by atoms with Gasteiger partial charge >= 0.3 is 0 Å². The lowest BCUT2D eigenvalue weighted by atomic mass is 10.1. The van der Waals surface area contributed by atoms with Gasteiger partial charge in [0.05, 0.1) is 6.10 Å². The standard InChI is InChI=1S/C15H27N3O3.2ClH/c16-11-13-1-2-14(21-13)15(19)18-7-5-17(6-8-18)12-3-9-20-10-4-12;;/h12-14H,1-11,16H2;2*1H/t13-,14+;;/m1../s1. The van der Waals surface area contributed by atoms with Crippen LogP contribution in [0.4, 0.5) is 0 Å². The first-order valence-electron chi connectivity index (χ1n) is 8.24. The van der Waals surface area contributed by atoms with Crippen LogP contribution in [-0.4, -0.2) is 79.9 Å². The largest absolute Gasteiger partial charge is 0.381 e. The minimum atomic E-state index is -0.256. The highest BCUT2D eigenvalue weighted by atomic mass is 35.5. The molecule has 3 fully saturated rings. The summed E-state index contributed by atoms with van der Waals surface area (Å²) >= 11 is 0. The van der Waals surface area contributed by atoms with E-state index in [2.05, 4.69) is 4.90 Å². The molecule has 8 heteroatoms. The zero-order valence-corrected chi connectivity index (χ0v) is 15.2. The Bertz CT molecular complexity index is 362. The summed E-state index contributed by atoms with van der Waals surface area (Å²) in [6.45, 7) is 5.86. The molecule has 0 spiro atoms. The fourth-order valence-electron chi connectivity index (χ4n) is 3.62. The van der Waals surface area contributed by atoms with E-state index in [0.29, 0.717) is 12.6 Å². The van der Waals surface area contributed by atoms with E-state index in [9.17, 15) is 4.79 Å². The number of amides is 1. The summed E-state index contributed by atoms with van der Waals surface area (Å²) < 4.78 is 11.1. The lowest BCUT2D eigenvalue weighted by Gasteiger charge is -2.41. The third-order valence-electron chi connectivity index (χ3n) is 4.98. The quantitative estimate of drug-likeness (QED) is 0.791. The highest BCUT2D eigenvalue weighted by molar-refractivity contribution is 5.85. The lowest BCUT2D eigenvalue weighted by Crippen LogP contribution is -2.54. The van der Waals surface area contributed by atoms with E-state index in [-0.39, 0.29) is 42.9 Å². The molecule has 1 amide bonds. The summed E-state index contributed by atoms with van der Waals surface area (Å²) in [5, 5.41) is 0. The van der Waals surface area contributed by atoms with Crippen molar-refractivity contribution >= 4 is 30.7 Å². The van der Waals surface area contributed by atoms with Gasteiger partial charge in [0.25, 0.3) is 5.91 Å². The molecule has 136 valence electrons. The molecule has 3 aliphatic heterocycles. The first-order chi connectivity index (χ1) is 10.3. The average Bonchev–Trinajstić information content (AvgIpc) is 3.04. The Morgan fingerprint density at radius 3 is 2.22 bits per heavy atom. The molecule has 0 unspecified atom stereocenters. The average molecular weight is 370 g/mol. The predicted octanol–water partition coefficient (Wildman–Crippen LogP) is 0.659. The Hall–Kier alpha value is -0.110. The van der Waals surface area contributed by atoms with Gasteiger partial charge in [-0.1, -0.05) is 0 Å². The third kappa shape index (κ3) is 5.18. The van der Waals surface area contributed by atoms with Crippen molar-refractivity contribution in [2.24, 2.45) is 5.73 Å². The number of hydrogen-bond donors (Lipinski definition) is 1. The van der Waals surface area contributed by atoms with Crippen molar-refractivity contribution in [2.75, 3.05) is 45.9 Å². The zero-order chi connectivity index (χ0) is 14.7. The van der Waals surface area contributed by atoms with Gasteiger partial charge in [0.1, 0.15) is 6.10 Å². The maximum absolute atomic E-state index is 12.5. The molecule has 0 saturated carbocycles. The fraction of sp³-hybridized carbons (Fsp3) is 0.933. The van der Waals surface area contributed by atoms with E-state index >= 15 is 0 Å². The Kier molecular flexibility index (Phi) is 9.11. The normalized spacial score (nSPS) is 29.7. The molecule has 0 aliphatic carbocycles. The van der Waals surface area contributed by atoms with Crippen LogP contribution in [0.2, 0.25) is 0 Å². The lowest BCUT2D eigenvalue weighted by molar-refractivity contribution is -0.145. The van der Waals surface area contributed by atoms with Crippen LogP contribution in [0, 0.1) is 0 Å². The minimum Gasteiger partial charge on any atom is -0.381 e. The van der Waals surface area contributed by atoms with Gasteiger partial charge in [0.15, 0.2) is 0 Å². The van der Waals surface area contributed by atoms with Crippen molar-refractivity contribution in [3.05, 3.63) is 0 Å². The smallest absolute Gasteiger partial charge is 0.251 e. The van der Waals surface area contributed by atoms with Crippen LogP contribution in [0.5, 0.6) is 0 Å². The number of nitrogens with zero attached hydrogens (tertiary/aromatic N) is 2. The van der Waals surface area contributed by atoms with Gasteiger partial charge in [-0.05, 0) is 25.7 Å². The summed E-state index contributed by atoms with van der Waals surface area (Å²) in [7, 11) is 0. The number of hydrogen-bond acceptors (Lipinski definition) is 5. The fourth-order valence-corrected chi connectivity index (χ4v) is 3.62. The summed E-state index contributed by atoms with van der Waals surface area (Å²) in [5.41, 5.74) is 5.61. The molecule has 0 aromatic heterocycles. The summed E-state index contributed by atoms with van der Waals surface area (Å²) in [6.07, 6.45) is 3.79. The molecule has 0 bridgehead atoms. The zero-order valence-electron chi connectivity index (χ0n) is 13.5. The second kappa shape index (κ2) is 10.0. The number of nitrogens with two attached hydrogens (primary N) is 1. The van der Waals surface area contributed by atoms with Crippen molar-refractivity contribution in [2.45, 2.75) is 43.9 Å². The molecule has 0 radical (unpaired) electrons. The molecule has 0 aromatic carbocycles. The van der Waals surface area contributed by atoms with Crippen LogP contribution in [0.3, 0.4) is 0 Å². The topological polar surface area (TPSA) is 68.0 Å². The van der Waals surface area contributed by atoms with Crippen molar-refractivity contribution < 1.29 is 14.3 Å². The van der Waals surface area contributed by atoms with Crippen LogP contribution in [0.15, 0.2) is 0 Å². The third-order valence-corrected chi connectivity index (χ3v) is 4.98. The van der Waals surface area contributed by atoms with E-state index in [0.717, 1.165) is 65.1 Å². The van der Waals surface area contributed by atoms with Crippen molar-refractivity contribution in [1.82, 2.24) is 9.80 Å². The monoisotopic (exact) mass is 369 g/mol. The van der Waals surface area contributed by atoms with Crippen LogP contribution in [0.25, 0.3) is 0 Å². The molecule has 2 N–H and O–H groups in total. The van der Waals surface area contributed by atoms with E-state index in [1.54, 1.807) is 0 Å². The number of carbonyl (C=O) groups is 1. The molecular formula is C15H29Cl2N3O3. The number of carbonyl (C=O) groups excluding carboxylic acids is 1. The maximum Gasteiger partial charge on any atom is 0.251 e. The van der Waals surface area contributed by atoms with Gasteiger partial charge in [-0.3, -0.25) is 9.69 Å².